The van der Waals surface area contributed by atoms with E-state index in [-0.39, 0.29) is 0 Å². The van der Waals surface area contributed by atoms with Gasteiger partial charge >= 0.3 is 0 Å². The Hall–Kier alpha value is -7.89. The first-order valence-corrected chi connectivity index (χ1v) is 19.4. The van der Waals surface area contributed by atoms with Gasteiger partial charge in [-0.3, -0.25) is 0 Å². The first kappa shape index (κ1) is 32.4. The molecule has 0 saturated heterocycles. The lowest BCUT2D eigenvalue weighted by Crippen LogP contribution is -2.00. The van der Waals surface area contributed by atoms with Gasteiger partial charge in [0.1, 0.15) is 22.3 Å². The number of hydrogen-bond donors (Lipinski definition) is 0. The Bertz CT molecular complexity index is 3580. The quantitative estimate of drug-likeness (QED) is 0.176. The van der Waals surface area contributed by atoms with Gasteiger partial charge in [-0.15, -0.1) is 0 Å². The van der Waals surface area contributed by atoms with Gasteiger partial charge in [0, 0.05) is 49.4 Å². The Kier molecular flexibility index (Phi) is 7.16. The molecule has 5 heteroatoms. The van der Waals surface area contributed by atoms with Gasteiger partial charge in [0.2, 0.25) is 0 Å². The van der Waals surface area contributed by atoms with Crippen LogP contribution in [0.1, 0.15) is 0 Å². The summed E-state index contributed by atoms with van der Waals surface area (Å²) in [5, 5.41) is 8.81. The lowest BCUT2D eigenvalue weighted by atomic mass is 9.97. The van der Waals surface area contributed by atoms with Crippen molar-refractivity contribution in [2.45, 2.75) is 0 Å². The summed E-state index contributed by atoms with van der Waals surface area (Å²) in [6, 6.07) is 65.2. The molecule has 0 unspecified atom stereocenters. The Morgan fingerprint density at radius 2 is 0.810 bits per heavy atom. The van der Waals surface area contributed by atoms with Gasteiger partial charge in [-0.2, -0.15) is 0 Å². The largest absolute Gasteiger partial charge is 0.455 e. The van der Waals surface area contributed by atoms with Crippen molar-refractivity contribution in [3.05, 3.63) is 188 Å². The van der Waals surface area contributed by atoms with Gasteiger partial charge < -0.3 is 8.83 Å². The van der Waals surface area contributed by atoms with E-state index in [0.29, 0.717) is 17.5 Å². The fourth-order valence-electron chi connectivity index (χ4n) is 8.48. The average Bonchev–Trinajstić information content (AvgIpc) is 3.88. The van der Waals surface area contributed by atoms with Crippen molar-refractivity contribution in [3.63, 3.8) is 0 Å². The standard InChI is InChI=1S/C53H31N3O2/c1-2-12-34(13-3-1)51-54-52(38-28-25-33-24-27-37(30-39(33)31-38)36-26-23-32-11-4-5-14-35(32)29-36)56-53(55-51)45-20-10-22-47-48(45)44-19-9-18-43(50(44)58-47)42-17-8-16-41-40-15-6-7-21-46(40)57-49(41)42/h1-31H. The number of hydrogen-bond acceptors (Lipinski definition) is 5. The monoisotopic (exact) mass is 741 g/mol. The van der Waals surface area contributed by atoms with Crippen LogP contribution in [0.2, 0.25) is 0 Å². The molecule has 0 fully saturated rings. The molecule has 12 aromatic rings. The summed E-state index contributed by atoms with van der Waals surface area (Å²) >= 11 is 0. The fourth-order valence-corrected chi connectivity index (χ4v) is 8.48. The highest BCUT2D eigenvalue weighted by Crippen LogP contribution is 2.43. The van der Waals surface area contributed by atoms with E-state index in [2.05, 4.69) is 127 Å². The molecule has 3 heterocycles. The maximum Gasteiger partial charge on any atom is 0.164 e. The van der Waals surface area contributed by atoms with E-state index in [9.17, 15) is 0 Å². The highest BCUT2D eigenvalue weighted by Gasteiger charge is 2.21. The highest BCUT2D eigenvalue weighted by atomic mass is 16.3. The summed E-state index contributed by atoms with van der Waals surface area (Å²) in [5.74, 6) is 1.78. The molecule has 3 aromatic heterocycles. The predicted molar refractivity (Wildman–Crippen MR) is 237 cm³/mol. The van der Waals surface area contributed by atoms with E-state index in [4.69, 9.17) is 23.8 Å². The number of fused-ring (bicyclic) bond motifs is 8. The third-order valence-electron chi connectivity index (χ3n) is 11.3. The Labute approximate surface area is 332 Å². The lowest BCUT2D eigenvalue weighted by Gasteiger charge is -2.11. The number of para-hydroxylation sites is 3. The van der Waals surface area contributed by atoms with E-state index >= 15 is 0 Å². The second-order valence-corrected chi connectivity index (χ2v) is 14.8. The topological polar surface area (TPSA) is 65.0 Å². The summed E-state index contributed by atoms with van der Waals surface area (Å²) in [5.41, 5.74) is 10.2. The average molecular weight is 742 g/mol. The molecule has 58 heavy (non-hydrogen) atoms. The van der Waals surface area contributed by atoms with Crippen molar-refractivity contribution in [1.29, 1.82) is 0 Å². The van der Waals surface area contributed by atoms with Gasteiger partial charge in [0.05, 0.1) is 0 Å². The molecule has 270 valence electrons. The Morgan fingerprint density at radius 3 is 1.62 bits per heavy atom. The van der Waals surface area contributed by atoms with Crippen molar-refractivity contribution in [1.82, 2.24) is 15.0 Å². The van der Waals surface area contributed by atoms with Gasteiger partial charge in [0.15, 0.2) is 17.5 Å². The molecule has 0 atom stereocenters. The van der Waals surface area contributed by atoms with Crippen LogP contribution in [0, 0.1) is 0 Å². The van der Waals surface area contributed by atoms with Crippen LogP contribution in [-0.2, 0) is 0 Å². The van der Waals surface area contributed by atoms with Gasteiger partial charge in [0.25, 0.3) is 0 Å². The van der Waals surface area contributed by atoms with Crippen molar-refractivity contribution < 1.29 is 8.83 Å². The number of rotatable bonds is 5. The van der Waals surface area contributed by atoms with Crippen LogP contribution in [0.5, 0.6) is 0 Å². The molecular formula is C53H31N3O2. The zero-order valence-electron chi connectivity index (χ0n) is 31.1. The van der Waals surface area contributed by atoms with Crippen LogP contribution in [0.3, 0.4) is 0 Å². The second-order valence-electron chi connectivity index (χ2n) is 14.8. The van der Waals surface area contributed by atoms with Gasteiger partial charge in [-0.05, 0) is 63.0 Å². The molecule has 0 aliphatic heterocycles. The Morgan fingerprint density at radius 1 is 0.293 bits per heavy atom. The van der Waals surface area contributed by atoms with E-state index in [0.717, 1.165) is 88.0 Å². The summed E-state index contributed by atoms with van der Waals surface area (Å²) in [6.45, 7) is 0. The Balaban J connectivity index is 1.03. The minimum absolute atomic E-state index is 0.576. The molecule has 0 amide bonds. The van der Waals surface area contributed by atoms with Crippen molar-refractivity contribution in [2.75, 3.05) is 0 Å². The van der Waals surface area contributed by atoms with Crippen LogP contribution >= 0.6 is 0 Å². The van der Waals surface area contributed by atoms with E-state index in [1.54, 1.807) is 0 Å². The van der Waals surface area contributed by atoms with Crippen LogP contribution in [-0.4, -0.2) is 15.0 Å². The van der Waals surface area contributed by atoms with Gasteiger partial charge in [-0.1, -0.05) is 158 Å². The van der Waals surface area contributed by atoms with Crippen molar-refractivity contribution >= 4 is 65.4 Å². The van der Waals surface area contributed by atoms with E-state index < -0.39 is 0 Å². The fraction of sp³-hybridized carbons (Fsp3) is 0. The van der Waals surface area contributed by atoms with Crippen LogP contribution < -0.4 is 0 Å². The molecule has 0 bridgehead atoms. The van der Waals surface area contributed by atoms with Crippen molar-refractivity contribution in [3.8, 4) is 56.4 Å². The molecule has 12 rings (SSSR count). The second kappa shape index (κ2) is 12.8. The zero-order chi connectivity index (χ0) is 38.2. The van der Waals surface area contributed by atoms with Gasteiger partial charge in [-0.25, -0.2) is 15.0 Å². The smallest absolute Gasteiger partial charge is 0.164 e. The molecule has 0 N–H and O–H groups in total. The summed E-state index contributed by atoms with van der Waals surface area (Å²) in [6.07, 6.45) is 0. The molecule has 0 spiro atoms. The first-order valence-electron chi connectivity index (χ1n) is 19.4. The molecule has 9 aromatic carbocycles. The number of benzene rings is 9. The predicted octanol–water partition coefficient (Wildman–Crippen LogP) is 14.3. The number of nitrogens with zero attached hydrogens (tertiary/aromatic N) is 3. The molecule has 0 aliphatic carbocycles. The normalized spacial score (nSPS) is 11.8. The zero-order valence-corrected chi connectivity index (χ0v) is 31.1. The lowest BCUT2D eigenvalue weighted by molar-refractivity contribution is 0.665. The number of aromatic nitrogens is 3. The maximum atomic E-state index is 6.76. The molecule has 0 aliphatic rings. The first-order chi connectivity index (χ1) is 28.7. The summed E-state index contributed by atoms with van der Waals surface area (Å²) in [7, 11) is 0. The van der Waals surface area contributed by atoms with E-state index in [1.807, 2.05) is 60.7 Å². The molecule has 0 radical (unpaired) electrons. The maximum absolute atomic E-state index is 6.76. The van der Waals surface area contributed by atoms with Crippen LogP contribution in [0.15, 0.2) is 197 Å². The van der Waals surface area contributed by atoms with Crippen LogP contribution in [0.25, 0.3) is 122 Å². The molecule has 0 saturated carbocycles. The number of furan rings is 2. The van der Waals surface area contributed by atoms with Crippen LogP contribution in [0.4, 0.5) is 0 Å². The molecular weight excluding hydrogens is 711 g/mol. The third kappa shape index (κ3) is 5.21. The highest BCUT2D eigenvalue weighted by molar-refractivity contribution is 6.17. The minimum Gasteiger partial charge on any atom is -0.455 e. The minimum atomic E-state index is 0.576. The summed E-state index contributed by atoms with van der Waals surface area (Å²) in [4.78, 5) is 15.5. The SMILES string of the molecule is c1ccc(-c2nc(-c3ccc4ccc(-c5ccc6ccccc6c5)cc4c3)nc(-c3cccc4oc5c(-c6cccc7c6oc6ccccc67)cccc5c34)n2)cc1. The summed E-state index contributed by atoms with van der Waals surface area (Å²) < 4.78 is 13.2. The van der Waals surface area contributed by atoms with Crippen molar-refractivity contribution in [2.24, 2.45) is 0 Å². The van der Waals surface area contributed by atoms with E-state index in [1.165, 1.54) is 16.3 Å². The molecule has 5 nitrogen and oxygen atoms in total. The third-order valence-corrected chi connectivity index (χ3v) is 11.3.